The number of nitrogens with zero attached hydrogens (tertiary/aromatic N) is 1. The van der Waals surface area contributed by atoms with Crippen molar-refractivity contribution in [2.24, 2.45) is 11.8 Å². The first-order valence-electron chi connectivity index (χ1n) is 6.67. The van der Waals surface area contributed by atoms with Gasteiger partial charge in [0.05, 0.1) is 10.8 Å². The van der Waals surface area contributed by atoms with Gasteiger partial charge in [-0.05, 0) is 38.3 Å². The number of carboxylic acids is 1. The van der Waals surface area contributed by atoms with Crippen LogP contribution in [-0.2, 0) is 9.59 Å². The maximum Gasteiger partial charge on any atom is 0.306 e. The minimum absolute atomic E-state index is 0.000179. The lowest BCUT2D eigenvalue weighted by Gasteiger charge is -2.11. The molecular formula is C14H16N2O5. The number of carbonyl (C=O) groups excluding carboxylic acids is 1. The van der Waals surface area contributed by atoms with E-state index in [0.29, 0.717) is 30.5 Å². The summed E-state index contributed by atoms with van der Waals surface area (Å²) in [5.41, 5.74) is 0.953. The number of benzene rings is 1. The van der Waals surface area contributed by atoms with Crippen LogP contribution in [0.5, 0.6) is 0 Å². The van der Waals surface area contributed by atoms with E-state index in [4.69, 9.17) is 5.11 Å². The molecule has 1 fully saturated rings. The summed E-state index contributed by atoms with van der Waals surface area (Å²) < 4.78 is 0. The van der Waals surface area contributed by atoms with E-state index in [-0.39, 0.29) is 17.5 Å². The molecule has 1 aliphatic rings. The number of nitro benzene ring substituents is 1. The van der Waals surface area contributed by atoms with Gasteiger partial charge in [0.25, 0.3) is 5.69 Å². The van der Waals surface area contributed by atoms with Gasteiger partial charge in [0.2, 0.25) is 5.91 Å². The average Bonchev–Trinajstić information content (AvgIpc) is 2.88. The number of carbonyl (C=O) groups is 2. The number of anilines is 1. The molecule has 0 bridgehead atoms. The molecule has 1 aromatic carbocycles. The number of rotatable bonds is 4. The van der Waals surface area contributed by atoms with Crippen molar-refractivity contribution < 1.29 is 19.6 Å². The quantitative estimate of drug-likeness (QED) is 0.653. The zero-order valence-electron chi connectivity index (χ0n) is 11.5. The Hall–Kier alpha value is -2.44. The van der Waals surface area contributed by atoms with Crippen LogP contribution in [0.25, 0.3) is 0 Å². The molecule has 7 heteroatoms. The summed E-state index contributed by atoms with van der Waals surface area (Å²) in [4.78, 5) is 33.2. The molecule has 0 heterocycles. The van der Waals surface area contributed by atoms with Gasteiger partial charge in [-0.25, -0.2) is 0 Å². The summed E-state index contributed by atoms with van der Waals surface area (Å²) in [6, 6.07) is 4.37. The average molecular weight is 292 g/mol. The molecule has 2 atom stereocenters. The summed E-state index contributed by atoms with van der Waals surface area (Å²) in [6.07, 6.45) is 1.40. The molecule has 0 radical (unpaired) electrons. The fourth-order valence-electron chi connectivity index (χ4n) is 2.63. The van der Waals surface area contributed by atoms with Gasteiger partial charge < -0.3 is 10.4 Å². The Labute approximate surface area is 121 Å². The number of amides is 1. The largest absolute Gasteiger partial charge is 0.481 e. The van der Waals surface area contributed by atoms with E-state index >= 15 is 0 Å². The third-order valence-electron chi connectivity index (χ3n) is 3.81. The van der Waals surface area contributed by atoms with Crippen LogP contribution in [0, 0.1) is 28.9 Å². The highest BCUT2D eigenvalue weighted by Crippen LogP contribution is 2.32. The van der Waals surface area contributed by atoms with E-state index in [0.717, 1.165) is 0 Å². The molecule has 1 aliphatic carbocycles. The predicted molar refractivity (Wildman–Crippen MR) is 74.9 cm³/mol. The van der Waals surface area contributed by atoms with Gasteiger partial charge in [-0.2, -0.15) is 0 Å². The first-order valence-corrected chi connectivity index (χ1v) is 6.67. The summed E-state index contributed by atoms with van der Waals surface area (Å²) in [7, 11) is 0. The zero-order valence-corrected chi connectivity index (χ0v) is 11.5. The van der Waals surface area contributed by atoms with Crippen LogP contribution < -0.4 is 5.32 Å². The topological polar surface area (TPSA) is 110 Å². The fraction of sp³-hybridized carbons (Fsp3) is 0.429. The third kappa shape index (κ3) is 3.36. The van der Waals surface area contributed by atoms with Crippen LogP contribution in [0.2, 0.25) is 0 Å². The fourth-order valence-corrected chi connectivity index (χ4v) is 2.63. The SMILES string of the molecule is Cc1cc(NC(=O)[C@@H]2CC[C@H](C(=O)O)C2)ccc1[N+](=O)[O-]. The van der Waals surface area contributed by atoms with E-state index in [2.05, 4.69) is 5.32 Å². The van der Waals surface area contributed by atoms with Crippen LogP contribution in [0.15, 0.2) is 18.2 Å². The molecule has 1 aromatic rings. The molecule has 0 unspecified atom stereocenters. The lowest BCUT2D eigenvalue weighted by atomic mass is 10.0. The lowest BCUT2D eigenvalue weighted by Crippen LogP contribution is -2.21. The van der Waals surface area contributed by atoms with Gasteiger partial charge in [0.1, 0.15) is 0 Å². The van der Waals surface area contributed by atoms with Gasteiger partial charge in [-0.3, -0.25) is 19.7 Å². The van der Waals surface area contributed by atoms with Crippen molar-refractivity contribution >= 4 is 23.3 Å². The predicted octanol–water partition coefficient (Wildman–Crippen LogP) is 2.34. The van der Waals surface area contributed by atoms with Gasteiger partial charge in [0.15, 0.2) is 0 Å². The first kappa shape index (κ1) is 15.0. The number of nitrogens with one attached hydrogen (secondary N) is 1. The maximum atomic E-state index is 12.1. The molecular weight excluding hydrogens is 276 g/mol. The molecule has 21 heavy (non-hydrogen) atoms. The number of hydrogen-bond acceptors (Lipinski definition) is 4. The molecule has 1 saturated carbocycles. The Morgan fingerprint density at radius 3 is 2.52 bits per heavy atom. The number of carboxylic acid groups (broad SMARTS) is 1. The normalized spacial score (nSPS) is 21.0. The number of nitro groups is 1. The van der Waals surface area contributed by atoms with Gasteiger partial charge in [-0.15, -0.1) is 0 Å². The third-order valence-corrected chi connectivity index (χ3v) is 3.81. The molecule has 0 aliphatic heterocycles. The van der Waals surface area contributed by atoms with E-state index in [1.54, 1.807) is 13.0 Å². The molecule has 112 valence electrons. The van der Waals surface area contributed by atoms with E-state index < -0.39 is 16.8 Å². The highest BCUT2D eigenvalue weighted by Gasteiger charge is 2.33. The maximum absolute atomic E-state index is 12.1. The first-order chi connectivity index (χ1) is 9.88. The van der Waals surface area contributed by atoms with Crippen LogP contribution in [0.1, 0.15) is 24.8 Å². The van der Waals surface area contributed by atoms with Crippen LogP contribution in [0.3, 0.4) is 0 Å². The van der Waals surface area contributed by atoms with Crippen molar-refractivity contribution in [3.8, 4) is 0 Å². The molecule has 2 rings (SSSR count). The summed E-state index contributed by atoms with van der Waals surface area (Å²) in [5, 5.41) is 22.3. The summed E-state index contributed by atoms with van der Waals surface area (Å²) >= 11 is 0. The number of aryl methyl sites for hydroxylation is 1. The van der Waals surface area contributed by atoms with Crippen LogP contribution in [-0.4, -0.2) is 21.9 Å². The summed E-state index contributed by atoms with van der Waals surface area (Å²) in [6.45, 7) is 1.60. The second-order valence-electron chi connectivity index (χ2n) is 5.29. The van der Waals surface area contributed by atoms with Crippen LogP contribution >= 0.6 is 0 Å². The Bertz CT molecular complexity index is 599. The van der Waals surface area contributed by atoms with Crippen molar-refractivity contribution in [3.63, 3.8) is 0 Å². The van der Waals surface area contributed by atoms with E-state index in [1.165, 1.54) is 12.1 Å². The molecule has 0 aromatic heterocycles. The zero-order chi connectivity index (χ0) is 15.6. The molecule has 0 saturated heterocycles. The second-order valence-corrected chi connectivity index (χ2v) is 5.29. The highest BCUT2D eigenvalue weighted by molar-refractivity contribution is 5.93. The van der Waals surface area contributed by atoms with Gasteiger partial charge in [0, 0.05) is 23.2 Å². The van der Waals surface area contributed by atoms with Crippen molar-refractivity contribution in [3.05, 3.63) is 33.9 Å². The Kier molecular flexibility index (Phi) is 4.21. The van der Waals surface area contributed by atoms with Crippen molar-refractivity contribution in [1.82, 2.24) is 0 Å². The standard InChI is InChI=1S/C14H16N2O5/c1-8-6-11(4-5-12(8)16(20)21)15-13(17)9-2-3-10(7-9)14(18)19/h4-6,9-10H,2-3,7H2,1H3,(H,15,17)(H,18,19)/t9-,10+/m1/s1. The van der Waals surface area contributed by atoms with Crippen molar-refractivity contribution in [2.75, 3.05) is 5.32 Å². The van der Waals surface area contributed by atoms with Gasteiger partial charge >= 0.3 is 5.97 Å². The van der Waals surface area contributed by atoms with E-state index in [1.807, 2.05) is 0 Å². The second kappa shape index (κ2) is 5.90. The molecule has 0 spiro atoms. The number of aliphatic carboxylic acids is 1. The van der Waals surface area contributed by atoms with E-state index in [9.17, 15) is 19.7 Å². The monoisotopic (exact) mass is 292 g/mol. The van der Waals surface area contributed by atoms with Gasteiger partial charge in [-0.1, -0.05) is 0 Å². The molecule has 1 amide bonds. The molecule has 2 N–H and O–H groups in total. The minimum Gasteiger partial charge on any atom is -0.481 e. The van der Waals surface area contributed by atoms with Crippen molar-refractivity contribution in [2.45, 2.75) is 26.2 Å². The lowest BCUT2D eigenvalue weighted by molar-refractivity contribution is -0.385. The molecule has 7 nitrogen and oxygen atoms in total. The smallest absolute Gasteiger partial charge is 0.306 e. The summed E-state index contributed by atoms with van der Waals surface area (Å²) in [5.74, 6) is -1.87. The number of hydrogen-bond donors (Lipinski definition) is 2. The highest BCUT2D eigenvalue weighted by atomic mass is 16.6. The Balaban J connectivity index is 2.02. The Morgan fingerprint density at radius 2 is 2.00 bits per heavy atom. The van der Waals surface area contributed by atoms with Crippen LogP contribution in [0.4, 0.5) is 11.4 Å². The van der Waals surface area contributed by atoms with Crippen molar-refractivity contribution in [1.29, 1.82) is 0 Å². The Morgan fingerprint density at radius 1 is 1.33 bits per heavy atom. The minimum atomic E-state index is -0.864.